The van der Waals surface area contributed by atoms with E-state index in [0.29, 0.717) is 0 Å². The van der Waals surface area contributed by atoms with E-state index in [4.69, 9.17) is 0 Å². The summed E-state index contributed by atoms with van der Waals surface area (Å²) in [5, 5.41) is 0. The number of ketones is 2. The van der Waals surface area contributed by atoms with Crippen molar-refractivity contribution in [2.45, 2.75) is 6.92 Å². The van der Waals surface area contributed by atoms with Crippen LogP contribution >= 0.6 is 0 Å². The fraction of sp³-hybridized carbons (Fsp3) is 0.200. The van der Waals surface area contributed by atoms with Gasteiger partial charge in [0.2, 0.25) is 5.78 Å². The first-order valence-corrected chi connectivity index (χ1v) is 4.32. The third-order valence-corrected chi connectivity index (χ3v) is 1.59. The van der Waals surface area contributed by atoms with Crippen LogP contribution in [0.25, 0.3) is 0 Å². The van der Waals surface area contributed by atoms with Crippen molar-refractivity contribution in [2.75, 3.05) is 6.61 Å². The molecule has 0 fully saturated rings. The Morgan fingerprint density at radius 3 is 2.67 bits per heavy atom. The molecule has 1 aromatic rings. The molecule has 0 amide bonds. The molecular weight excluding hydrogens is 198 g/mol. The molecule has 0 aliphatic rings. The number of hydrogen-bond acceptors (Lipinski definition) is 5. The molecule has 0 unspecified atom stereocenters. The van der Waals surface area contributed by atoms with Crippen LogP contribution in [0.5, 0.6) is 0 Å². The summed E-state index contributed by atoms with van der Waals surface area (Å²) >= 11 is 0. The van der Waals surface area contributed by atoms with Gasteiger partial charge in [0.1, 0.15) is 0 Å². The summed E-state index contributed by atoms with van der Waals surface area (Å²) in [4.78, 5) is 37.2. The summed E-state index contributed by atoms with van der Waals surface area (Å²) in [5.74, 6) is -3.21. The van der Waals surface area contributed by atoms with Crippen molar-refractivity contribution >= 4 is 17.5 Å². The van der Waals surface area contributed by atoms with E-state index in [1.165, 1.54) is 24.5 Å². The summed E-state index contributed by atoms with van der Waals surface area (Å²) < 4.78 is 4.42. The average Bonchev–Trinajstić information content (AvgIpc) is 2.28. The normalized spacial score (nSPS) is 9.40. The predicted molar refractivity (Wildman–Crippen MR) is 50.2 cm³/mol. The van der Waals surface area contributed by atoms with E-state index in [-0.39, 0.29) is 12.2 Å². The Balaban J connectivity index is 2.78. The van der Waals surface area contributed by atoms with Crippen molar-refractivity contribution in [2.24, 2.45) is 0 Å². The molecule has 78 valence electrons. The molecule has 1 rings (SSSR count). The Kier molecular flexibility index (Phi) is 3.68. The van der Waals surface area contributed by atoms with Gasteiger partial charge in [-0.2, -0.15) is 0 Å². The third-order valence-electron chi connectivity index (χ3n) is 1.59. The lowest BCUT2D eigenvalue weighted by molar-refractivity contribution is -0.151. The quantitative estimate of drug-likeness (QED) is 0.309. The largest absolute Gasteiger partial charge is 0.460 e. The summed E-state index contributed by atoms with van der Waals surface area (Å²) in [5.41, 5.74) is 0.0792. The lowest BCUT2D eigenvalue weighted by Crippen LogP contribution is -2.26. The monoisotopic (exact) mass is 207 g/mol. The van der Waals surface area contributed by atoms with E-state index >= 15 is 0 Å². The number of Topliss-reactive ketones (excluding diaryl/α,β-unsaturated/α-hetero) is 2. The van der Waals surface area contributed by atoms with Crippen LogP contribution in [0.3, 0.4) is 0 Å². The highest BCUT2D eigenvalue weighted by Crippen LogP contribution is 1.99. The van der Waals surface area contributed by atoms with Gasteiger partial charge in [-0.25, -0.2) is 4.79 Å². The first kappa shape index (κ1) is 11.0. The van der Waals surface area contributed by atoms with Gasteiger partial charge in [0.05, 0.1) is 6.61 Å². The highest BCUT2D eigenvalue weighted by atomic mass is 16.5. The third kappa shape index (κ3) is 2.70. The molecule has 0 N–H and O–H groups in total. The lowest BCUT2D eigenvalue weighted by Gasteiger charge is -1.99. The molecule has 1 heterocycles. The summed E-state index contributed by atoms with van der Waals surface area (Å²) in [6.07, 6.45) is 2.69. The van der Waals surface area contributed by atoms with Crippen molar-refractivity contribution in [3.63, 3.8) is 0 Å². The molecule has 0 atom stereocenters. The molecule has 5 heteroatoms. The smallest absolute Gasteiger partial charge is 0.383 e. The van der Waals surface area contributed by atoms with Gasteiger partial charge >= 0.3 is 11.8 Å². The highest BCUT2D eigenvalue weighted by Gasteiger charge is 2.25. The fourth-order valence-electron chi connectivity index (χ4n) is 0.918. The van der Waals surface area contributed by atoms with E-state index in [2.05, 4.69) is 9.72 Å². The van der Waals surface area contributed by atoms with Crippen LogP contribution in [0.4, 0.5) is 0 Å². The molecule has 1 aromatic heterocycles. The van der Waals surface area contributed by atoms with E-state index in [1.54, 1.807) is 6.92 Å². The summed E-state index contributed by atoms with van der Waals surface area (Å²) in [6, 6.07) is 2.91. The van der Waals surface area contributed by atoms with Crippen LogP contribution in [-0.4, -0.2) is 29.1 Å². The molecule has 5 nitrogen and oxygen atoms in total. The predicted octanol–water partition coefficient (Wildman–Crippen LogP) is 0.396. The van der Waals surface area contributed by atoms with Gasteiger partial charge in [-0.15, -0.1) is 0 Å². The minimum Gasteiger partial charge on any atom is -0.460 e. The molecule has 0 aliphatic heterocycles. The van der Waals surface area contributed by atoms with E-state index < -0.39 is 17.5 Å². The van der Waals surface area contributed by atoms with Gasteiger partial charge in [-0.1, -0.05) is 0 Å². The Morgan fingerprint density at radius 2 is 2.13 bits per heavy atom. The van der Waals surface area contributed by atoms with Gasteiger partial charge in [0.15, 0.2) is 0 Å². The van der Waals surface area contributed by atoms with E-state index in [9.17, 15) is 14.4 Å². The number of aromatic nitrogens is 1. The number of carbonyl (C=O) groups is 3. The number of esters is 1. The maximum atomic E-state index is 11.4. The second-order valence-corrected chi connectivity index (χ2v) is 2.62. The Morgan fingerprint density at radius 1 is 1.40 bits per heavy atom. The number of hydrogen-bond donors (Lipinski definition) is 0. The molecule has 15 heavy (non-hydrogen) atoms. The van der Waals surface area contributed by atoms with Crippen LogP contribution in [0.15, 0.2) is 24.5 Å². The maximum absolute atomic E-state index is 11.4. The van der Waals surface area contributed by atoms with Crippen molar-refractivity contribution in [1.82, 2.24) is 4.98 Å². The van der Waals surface area contributed by atoms with Crippen LogP contribution in [-0.2, 0) is 14.3 Å². The van der Waals surface area contributed by atoms with Crippen LogP contribution < -0.4 is 0 Å². The minimum atomic E-state index is -1.18. The molecule has 0 aromatic carbocycles. The van der Waals surface area contributed by atoms with Crippen LogP contribution in [0.1, 0.15) is 17.3 Å². The molecule has 0 saturated carbocycles. The second kappa shape index (κ2) is 4.99. The number of rotatable bonds is 4. The van der Waals surface area contributed by atoms with Gasteiger partial charge in [-0.05, 0) is 19.1 Å². The molecule has 0 saturated heterocycles. The van der Waals surface area contributed by atoms with Gasteiger partial charge in [-0.3, -0.25) is 14.6 Å². The Bertz CT molecular complexity index is 386. The molecule has 0 bridgehead atoms. The SMILES string of the molecule is CCOC(=O)C(=O)C(=O)c1cccnc1. The van der Waals surface area contributed by atoms with Gasteiger partial charge < -0.3 is 4.74 Å². The van der Waals surface area contributed by atoms with E-state index in [0.717, 1.165) is 0 Å². The summed E-state index contributed by atoms with van der Waals surface area (Å²) in [6.45, 7) is 1.62. The van der Waals surface area contributed by atoms with Crippen molar-refractivity contribution in [3.05, 3.63) is 30.1 Å². The van der Waals surface area contributed by atoms with Crippen molar-refractivity contribution in [3.8, 4) is 0 Å². The van der Waals surface area contributed by atoms with Gasteiger partial charge in [0.25, 0.3) is 0 Å². The fourth-order valence-corrected chi connectivity index (χ4v) is 0.918. The zero-order valence-corrected chi connectivity index (χ0v) is 8.10. The van der Waals surface area contributed by atoms with Crippen LogP contribution in [0.2, 0.25) is 0 Å². The second-order valence-electron chi connectivity index (χ2n) is 2.62. The van der Waals surface area contributed by atoms with Crippen LogP contribution in [0, 0.1) is 0 Å². The minimum absolute atomic E-state index is 0.0604. The lowest BCUT2D eigenvalue weighted by atomic mass is 10.1. The number of ether oxygens (including phenoxy) is 1. The molecule has 0 spiro atoms. The number of nitrogens with zero attached hydrogens (tertiary/aromatic N) is 1. The highest BCUT2D eigenvalue weighted by molar-refractivity contribution is 6.65. The first-order chi connectivity index (χ1) is 7.16. The molecular formula is C10H9NO4. The topological polar surface area (TPSA) is 73.3 Å². The molecule has 0 radical (unpaired) electrons. The zero-order chi connectivity index (χ0) is 11.3. The van der Waals surface area contributed by atoms with E-state index in [1.807, 2.05) is 0 Å². The summed E-state index contributed by atoms with van der Waals surface area (Å²) in [7, 11) is 0. The Labute approximate surface area is 86.1 Å². The van der Waals surface area contributed by atoms with Crippen molar-refractivity contribution < 1.29 is 19.1 Å². The van der Waals surface area contributed by atoms with Gasteiger partial charge in [0, 0.05) is 18.0 Å². The first-order valence-electron chi connectivity index (χ1n) is 4.32. The number of pyridine rings is 1. The Hall–Kier alpha value is -2.04. The zero-order valence-electron chi connectivity index (χ0n) is 8.10. The maximum Gasteiger partial charge on any atom is 0.383 e. The average molecular weight is 207 g/mol. The number of carbonyl (C=O) groups excluding carboxylic acids is 3. The standard InChI is InChI=1S/C10H9NO4/c1-2-15-10(14)9(13)8(12)7-4-3-5-11-6-7/h3-6H,2H2,1H3. The van der Waals surface area contributed by atoms with Crippen molar-refractivity contribution in [1.29, 1.82) is 0 Å². The molecule has 0 aliphatic carbocycles.